The van der Waals surface area contributed by atoms with Crippen molar-refractivity contribution >= 4 is 16.6 Å². The van der Waals surface area contributed by atoms with Crippen LogP contribution in [0.4, 0.5) is 14.5 Å². The van der Waals surface area contributed by atoms with Gasteiger partial charge in [-0.25, -0.2) is 4.39 Å². The number of rotatable bonds is 7. The van der Waals surface area contributed by atoms with Crippen molar-refractivity contribution in [1.29, 1.82) is 0 Å². The Morgan fingerprint density at radius 1 is 1.19 bits per heavy atom. The quantitative estimate of drug-likeness (QED) is 0.462. The van der Waals surface area contributed by atoms with Gasteiger partial charge in [0.1, 0.15) is 5.82 Å². The number of hydrogen-bond donors (Lipinski definition) is 2. The number of H-pyrrole nitrogens is 1. The third kappa shape index (κ3) is 3.35. The number of aromatic amines is 1. The number of hydrogen-bond acceptors (Lipinski definition) is 4. The number of halogens is 2. The van der Waals surface area contributed by atoms with Crippen LogP contribution in [0.25, 0.3) is 10.9 Å². The van der Waals surface area contributed by atoms with E-state index in [4.69, 9.17) is 4.98 Å². The summed E-state index contributed by atoms with van der Waals surface area (Å²) >= 11 is 0. The minimum Gasteiger partial charge on any atom is -0.378 e. The van der Waals surface area contributed by atoms with Gasteiger partial charge in [-0.15, -0.1) is 0 Å². The van der Waals surface area contributed by atoms with Gasteiger partial charge in [0.25, 0.3) is 0 Å². The van der Waals surface area contributed by atoms with E-state index in [0.717, 1.165) is 48.9 Å². The van der Waals surface area contributed by atoms with Crippen LogP contribution in [-0.2, 0) is 6.42 Å². The van der Waals surface area contributed by atoms with E-state index in [0.29, 0.717) is 18.2 Å². The molecule has 0 radical (unpaired) electrons. The van der Waals surface area contributed by atoms with E-state index >= 15 is 4.39 Å². The van der Waals surface area contributed by atoms with Crippen molar-refractivity contribution in [1.82, 2.24) is 19.8 Å². The summed E-state index contributed by atoms with van der Waals surface area (Å²) in [5.41, 5.74) is 5.01. The van der Waals surface area contributed by atoms with Gasteiger partial charge in [0.2, 0.25) is 0 Å². The summed E-state index contributed by atoms with van der Waals surface area (Å²) in [5.74, 6) is 0.491. The number of anilines is 1. The molecule has 0 bridgehead atoms. The van der Waals surface area contributed by atoms with Crippen LogP contribution >= 0.6 is 0 Å². The van der Waals surface area contributed by atoms with Crippen molar-refractivity contribution in [3.8, 4) is 0 Å². The fraction of sp³-hybridized carbons (Fsp3) is 0.552. The van der Waals surface area contributed by atoms with Gasteiger partial charge < -0.3 is 10.3 Å². The van der Waals surface area contributed by atoms with Gasteiger partial charge in [0.05, 0.1) is 36.3 Å². The van der Waals surface area contributed by atoms with Crippen LogP contribution in [0.15, 0.2) is 36.5 Å². The summed E-state index contributed by atoms with van der Waals surface area (Å²) in [5, 5.41) is 4.68. The number of likely N-dealkylation sites (tertiary alicyclic amines) is 1. The van der Waals surface area contributed by atoms with Crippen molar-refractivity contribution in [2.45, 2.75) is 69.1 Å². The van der Waals surface area contributed by atoms with Crippen molar-refractivity contribution in [2.75, 3.05) is 31.6 Å². The minimum atomic E-state index is -0.276. The molecule has 1 aromatic carbocycles. The van der Waals surface area contributed by atoms with Gasteiger partial charge in [0.15, 0.2) is 0 Å². The maximum atomic E-state index is 15.9. The van der Waals surface area contributed by atoms with Crippen molar-refractivity contribution in [3.63, 3.8) is 0 Å². The van der Waals surface area contributed by atoms with E-state index in [1.807, 2.05) is 0 Å². The first kappa shape index (κ1) is 22.7. The second-order valence-corrected chi connectivity index (χ2v) is 11.5. The number of alkyl halides is 1. The maximum Gasteiger partial charge on any atom is 0.148 e. The minimum absolute atomic E-state index is 0.194. The molecule has 2 aliphatic heterocycles. The lowest BCUT2D eigenvalue weighted by Crippen LogP contribution is -2.69. The standard InChI is InChI=1S/C29H35F2N5/c1-18-13-23-22-5-2-3-6-25(22)34-26(23)28(36(18)29-9-7-19(29)8-10-29)27-24(31)14-20(15-32-27)33-21-16-35(17-21)12-4-11-30/h2-3,5-6,14-15,18-19,21,28,33-34H,4,7-13,16-17H2,1H3/t18-,19?,28+,29?/m1/s1. The third-order valence-corrected chi connectivity index (χ3v) is 9.56. The Kier molecular flexibility index (Phi) is 5.37. The number of nitrogens with zero attached hydrogens (tertiary/aromatic N) is 3. The molecule has 4 aliphatic rings. The van der Waals surface area contributed by atoms with Crippen LogP contribution < -0.4 is 5.32 Å². The maximum absolute atomic E-state index is 15.9. The highest BCUT2D eigenvalue weighted by molar-refractivity contribution is 5.85. The Morgan fingerprint density at radius 3 is 2.69 bits per heavy atom. The number of pyridine rings is 1. The number of aromatic nitrogens is 2. The summed E-state index contributed by atoms with van der Waals surface area (Å²) in [4.78, 5) is 13.3. The molecule has 1 saturated heterocycles. The molecule has 2 aromatic heterocycles. The molecule has 7 rings (SSSR count). The molecule has 190 valence electrons. The first-order valence-electron chi connectivity index (χ1n) is 13.7. The predicted molar refractivity (Wildman–Crippen MR) is 138 cm³/mol. The average Bonchev–Trinajstić information content (AvgIpc) is 3.21. The molecule has 7 heteroatoms. The monoisotopic (exact) mass is 491 g/mol. The number of nitrogens with one attached hydrogen (secondary N) is 2. The van der Waals surface area contributed by atoms with E-state index in [1.54, 1.807) is 12.3 Å². The lowest BCUT2D eigenvalue weighted by Gasteiger charge is -2.67. The van der Waals surface area contributed by atoms with E-state index < -0.39 is 0 Å². The normalized spacial score (nSPS) is 30.2. The highest BCUT2D eigenvalue weighted by Crippen LogP contribution is 2.61. The zero-order valence-electron chi connectivity index (χ0n) is 20.9. The molecule has 2 aliphatic carbocycles. The number of benzene rings is 1. The molecular weight excluding hydrogens is 456 g/mol. The van der Waals surface area contributed by atoms with Crippen LogP contribution in [0.1, 0.15) is 62.0 Å². The lowest BCUT2D eigenvalue weighted by atomic mass is 9.51. The van der Waals surface area contributed by atoms with Crippen LogP contribution in [0.2, 0.25) is 0 Å². The number of para-hydroxylation sites is 1. The van der Waals surface area contributed by atoms with Gasteiger partial charge in [-0.1, -0.05) is 18.2 Å². The predicted octanol–water partition coefficient (Wildman–Crippen LogP) is 5.44. The summed E-state index contributed by atoms with van der Waals surface area (Å²) in [6, 6.07) is 10.5. The highest BCUT2D eigenvalue weighted by atomic mass is 19.1. The first-order chi connectivity index (χ1) is 17.6. The molecule has 2 N–H and O–H groups in total. The molecular formula is C29H35F2N5. The zero-order valence-corrected chi connectivity index (χ0v) is 20.9. The summed E-state index contributed by atoms with van der Waals surface area (Å²) in [7, 11) is 0. The van der Waals surface area contributed by atoms with E-state index in [2.05, 4.69) is 51.3 Å². The fourth-order valence-corrected chi connectivity index (χ4v) is 7.62. The fourth-order valence-electron chi connectivity index (χ4n) is 7.62. The summed E-state index contributed by atoms with van der Waals surface area (Å²) in [6.07, 6.45) is 8.35. The van der Waals surface area contributed by atoms with Crippen molar-refractivity contribution in [3.05, 3.63) is 59.3 Å². The Labute approximate surface area is 211 Å². The summed E-state index contributed by atoms with van der Waals surface area (Å²) < 4.78 is 28.4. The van der Waals surface area contributed by atoms with Crippen LogP contribution in [0.5, 0.6) is 0 Å². The van der Waals surface area contributed by atoms with E-state index in [1.165, 1.54) is 36.6 Å². The van der Waals surface area contributed by atoms with Crippen LogP contribution in [-0.4, -0.2) is 63.7 Å². The summed E-state index contributed by atoms with van der Waals surface area (Å²) in [6.45, 7) is 4.55. The molecule has 2 atom stereocenters. The second-order valence-electron chi connectivity index (χ2n) is 11.5. The van der Waals surface area contributed by atoms with Gasteiger partial charge in [-0.05, 0) is 63.0 Å². The Bertz CT molecular complexity index is 1270. The Hall–Kier alpha value is -2.51. The smallest absolute Gasteiger partial charge is 0.148 e. The molecule has 2 saturated carbocycles. The topological polar surface area (TPSA) is 47.2 Å². The van der Waals surface area contributed by atoms with Gasteiger partial charge in [-0.3, -0.25) is 19.2 Å². The molecule has 3 fully saturated rings. The van der Waals surface area contributed by atoms with Crippen molar-refractivity contribution < 1.29 is 8.78 Å². The largest absolute Gasteiger partial charge is 0.378 e. The average molecular weight is 492 g/mol. The van der Waals surface area contributed by atoms with Gasteiger partial charge in [-0.2, -0.15) is 0 Å². The molecule has 5 nitrogen and oxygen atoms in total. The molecule has 4 heterocycles. The molecule has 0 spiro atoms. The highest BCUT2D eigenvalue weighted by Gasteiger charge is 2.61. The SMILES string of the molecule is C[C@@H]1Cc2c([nH]c3ccccc23)[C@@H](c2ncc(NC3CN(CCCF)C3)cc2F)N1C12CCC1CC2. The third-order valence-electron chi connectivity index (χ3n) is 9.56. The van der Waals surface area contributed by atoms with E-state index in [9.17, 15) is 4.39 Å². The zero-order chi connectivity index (χ0) is 24.4. The van der Waals surface area contributed by atoms with Gasteiger partial charge >= 0.3 is 0 Å². The molecule has 0 unspecified atom stereocenters. The van der Waals surface area contributed by atoms with Crippen molar-refractivity contribution in [2.24, 2.45) is 5.92 Å². The Balaban J connectivity index is 1.22. The first-order valence-corrected chi connectivity index (χ1v) is 13.7. The molecule has 36 heavy (non-hydrogen) atoms. The van der Waals surface area contributed by atoms with E-state index in [-0.39, 0.29) is 30.1 Å². The Morgan fingerprint density at radius 2 is 2.00 bits per heavy atom. The van der Waals surface area contributed by atoms with Crippen LogP contribution in [0.3, 0.4) is 0 Å². The second kappa shape index (κ2) is 8.52. The number of fused-ring (bicyclic) bond motifs is 4. The van der Waals surface area contributed by atoms with Crippen LogP contribution in [0, 0.1) is 11.7 Å². The molecule has 0 amide bonds. The lowest BCUT2D eigenvalue weighted by molar-refractivity contribution is -0.154. The van der Waals surface area contributed by atoms with Gasteiger partial charge in [0, 0.05) is 53.9 Å². The molecule has 3 aromatic rings.